The molecule has 0 aliphatic carbocycles. The number of aliphatic carboxylic acids is 1. The van der Waals surface area contributed by atoms with Crippen LogP contribution in [-0.4, -0.2) is 57.5 Å². The van der Waals surface area contributed by atoms with Gasteiger partial charge in [0.05, 0.1) is 12.4 Å². The van der Waals surface area contributed by atoms with Gasteiger partial charge in [0, 0.05) is 26.6 Å². The van der Waals surface area contributed by atoms with Gasteiger partial charge in [0.2, 0.25) is 11.9 Å². The van der Waals surface area contributed by atoms with Crippen LogP contribution in [0.5, 0.6) is 0 Å². The minimum absolute atomic E-state index is 0.161. The SMILES string of the molecule is CC(=O)N1CC2(CCN(c3ncc(F)cn3)CC2)C[C@@H]1C(=O)O. The van der Waals surface area contributed by atoms with Crippen LogP contribution < -0.4 is 4.90 Å². The van der Waals surface area contributed by atoms with E-state index in [0.717, 1.165) is 25.2 Å². The highest BCUT2D eigenvalue weighted by atomic mass is 19.1. The van der Waals surface area contributed by atoms with Crippen LogP contribution in [0.1, 0.15) is 26.2 Å². The first-order valence-electron chi connectivity index (χ1n) is 7.63. The number of hydrogen-bond acceptors (Lipinski definition) is 5. The number of likely N-dealkylation sites (tertiary alicyclic amines) is 1. The van der Waals surface area contributed by atoms with E-state index in [2.05, 4.69) is 9.97 Å². The van der Waals surface area contributed by atoms with E-state index in [1.165, 1.54) is 11.8 Å². The van der Waals surface area contributed by atoms with Crippen molar-refractivity contribution in [1.29, 1.82) is 0 Å². The second-order valence-corrected chi connectivity index (χ2v) is 6.39. The van der Waals surface area contributed by atoms with Gasteiger partial charge in [-0.15, -0.1) is 0 Å². The van der Waals surface area contributed by atoms with Gasteiger partial charge in [-0.05, 0) is 24.7 Å². The number of hydrogen-bond donors (Lipinski definition) is 1. The van der Waals surface area contributed by atoms with Crippen LogP contribution in [0.25, 0.3) is 0 Å². The van der Waals surface area contributed by atoms with E-state index >= 15 is 0 Å². The first kappa shape index (κ1) is 15.6. The molecule has 2 aliphatic rings. The van der Waals surface area contributed by atoms with E-state index in [9.17, 15) is 19.1 Å². The molecular weight excluding hydrogens is 303 g/mol. The number of carboxylic acid groups (broad SMARTS) is 1. The summed E-state index contributed by atoms with van der Waals surface area (Å²) in [7, 11) is 0. The Morgan fingerprint density at radius 3 is 2.39 bits per heavy atom. The molecule has 3 rings (SSSR count). The monoisotopic (exact) mass is 322 g/mol. The largest absolute Gasteiger partial charge is 0.480 e. The van der Waals surface area contributed by atoms with Gasteiger partial charge >= 0.3 is 5.97 Å². The van der Waals surface area contributed by atoms with Gasteiger partial charge in [0.15, 0.2) is 5.82 Å². The lowest BCUT2D eigenvalue weighted by atomic mass is 9.76. The van der Waals surface area contributed by atoms with Crippen LogP contribution in [-0.2, 0) is 9.59 Å². The number of carbonyl (C=O) groups is 2. The third-order valence-electron chi connectivity index (χ3n) is 4.91. The molecule has 2 saturated heterocycles. The molecule has 1 N–H and O–H groups in total. The van der Waals surface area contributed by atoms with Crippen molar-refractivity contribution in [2.45, 2.75) is 32.2 Å². The zero-order chi connectivity index (χ0) is 16.6. The maximum absolute atomic E-state index is 12.9. The molecule has 3 heterocycles. The summed E-state index contributed by atoms with van der Waals surface area (Å²) in [5.41, 5.74) is -0.161. The molecule has 0 radical (unpaired) electrons. The Morgan fingerprint density at radius 2 is 1.91 bits per heavy atom. The summed E-state index contributed by atoms with van der Waals surface area (Å²) in [6.45, 7) is 3.24. The van der Waals surface area contributed by atoms with Crippen molar-refractivity contribution in [3.05, 3.63) is 18.2 Å². The molecule has 0 bridgehead atoms. The fraction of sp³-hybridized carbons (Fsp3) is 0.600. The number of halogens is 1. The van der Waals surface area contributed by atoms with E-state index in [1.807, 2.05) is 4.90 Å². The number of carboxylic acids is 1. The minimum Gasteiger partial charge on any atom is -0.480 e. The molecule has 1 spiro atoms. The van der Waals surface area contributed by atoms with Crippen molar-refractivity contribution in [2.24, 2.45) is 5.41 Å². The van der Waals surface area contributed by atoms with Crippen molar-refractivity contribution in [3.8, 4) is 0 Å². The molecule has 7 nitrogen and oxygen atoms in total. The number of piperidine rings is 1. The van der Waals surface area contributed by atoms with Crippen molar-refractivity contribution in [1.82, 2.24) is 14.9 Å². The number of aromatic nitrogens is 2. The van der Waals surface area contributed by atoms with Gasteiger partial charge in [-0.25, -0.2) is 19.2 Å². The van der Waals surface area contributed by atoms with Crippen LogP contribution >= 0.6 is 0 Å². The average Bonchev–Trinajstić information content (AvgIpc) is 2.89. The van der Waals surface area contributed by atoms with Crippen LogP contribution in [0.3, 0.4) is 0 Å². The van der Waals surface area contributed by atoms with Gasteiger partial charge in [0.25, 0.3) is 0 Å². The third-order valence-corrected chi connectivity index (χ3v) is 4.91. The lowest BCUT2D eigenvalue weighted by molar-refractivity contribution is -0.147. The first-order chi connectivity index (χ1) is 10.9. The molecule has 2 aliphatic heterocycles. The number of carbonyl (C=O) groups excluding carboxylic acids is 1. The fourth-order valence-corrected chi connectivity index (χ4v) is 3.62. The molecule has 8 heteroatoms. The molecule has 1 atom stereocenters. The number of anilines is 1. The number of rotatable bonds is 2. The van der Waals surface area contributed by atoms with Crippen molar-refractivity contribution < 1.29 is 19.1 Å². The van der Waals surface area contributed by atoms with Crippen molar-refractivity contribution in [2.75, 3.05) is 24.5 Å². The molecule has 23 heavy (non-hydrogen) atoms. The number of amides is 1. The van der Waals surface area contributed by atoms with Crippen LogP contribution in [0, 0.1) is 11.2 Å². The normalized spacial score (nSPS) is 23.3. The molecule has 1 amide bonds. The Kier molecular flexibility index (Phi) is 3.91. The maximum Gasteiger partial charge on any atom is 0.326 e. The highest BCUT2D eigenvalue weighted by molar-refractivity contribution is 5.83. The van der Waals surface area contributed by atoms with Crippen molar-refractivity contribution >= 4 is 17.8 Å². The first-order valence-corrected chi connectivity index (χ1v) is 7.63. The highest BCUT2D eigenvalue weighted by Gasteiger charge is 2.49. The Balaban J connectivity index is 1.69. The van der Waals surface area contributed by atoms with Gasteiger partial charge in [-0.1, -0.05) is 0 Å². The summed E-state index contributed by atoms with van der Waals surface area (Å²) in [5, 5.41) is 9.34. The standard InChI is InChI=1S/C15H19FN4O3/c1-10(21)20-9-15(6-12(20)13(22)23)2-4-19(5-3-15)14-17-7-11(16)8-18-14/h7-8,12H,2-6,9H2,1H3,(H,22,23)/t12-/m1/s1. The van der Waals surface area contributed by atoms with Crippen LogP contribution in [0.15, 0.2) is 12.4 Å². The topological polar surface area (TPSA) is 86.6 Å². The van der Waals surface area contributed by atoms with Gasteiger partial charge in [-0.2, -0.15) is 0 Å². The van der Waals surface area contributed by atoms with E-state index in [0.29, 0.717) is 32.0 Å². The molecule has 0 unspecified atom stereocenters. The van der Waals surface area contributed by atoms with E-state index in [1.54, 1.807) is 0 Å². The molecule has 1 aromatic heterocycles. The summed E-state index contributed by atoms with van der Waals surface area (Å²) in [6, 6.07) is -0.735. The fourth-order valence-electron chi connectivity index (χ4n) is 3.62. The zero-order valence-corrected chi connectivity index (χ0v) is 12.9. The predicted octanol–water partition coefficient (Wildman–Crippen LogP) is 0.908. The second kappa shape index (κ2) is 5.75. The molecule has 0 aromatic carbocycles. The van der Waals surface area contributed by atoms with E-state index in [4.69, 9.17) is 0 Å². The highest BCUT2D eigenvalue weighted by Crippen LogP contribution is 2.43. The average molecular weight is 322 g/mol. The van der Waals surface area contributed by atoms with Gasteiger partial charge < -0.3 is 14.9 Å². The summed E-state index contributed by atoms with van der Waals surface area (Å²) < 4.78 is 12.9. The summed E-state index contributed by atoms with van der Waals surface area (Å²) >= 11 is 0. The quantitative estimate of drug-likeness (QED) is 0.871. The third kappa shape index (κ3) is 2.97. The van der Waals surface area contributed by atoms with Crippen LogP contribution in [0.4, 0.5) is 10.3 Å². The zero-order valence-electron chi connectivity index (χ0n) is 12.9. The lowest BCUT2D eigenvalue weighted by Gasteiger charge is -2.39. The predicted molar refractivity (Wildman–Crippen MR) is 79.3 cm³/mol. The summed E-state index contributed by atoms with van der Waals surface area (Å²) in [4.78, 5) is 34.5. The molecule has 1 aromatic rings. The maximum atomic E-state index is 12.9. The summed E-state index contributed by atoms with van der Waals surface area (Å²) in [6.07, 6.45) is 4.29. The Labute approximate surface area is 133 Å². The smallest absolute Gasteiger partial charge is 0.326 e. The molecule has 2 fully saturated rings. The van der Waals surface area contributed by atoms with Gasteiger partial charge in [-0.3, -0.25) is 4.79 Å². The summed E-state index contributed by atoms with van der Waals surface area (Å²) in [5.74, 6) is -1.13. The molecule has 0 saturated carbocycles. The van der Waals surface area contributed by atoms with E-state index in [-0.39, 0.29) is 11.3 Å². The lowest BCUT2D eigenvalue weighted by Crippen LogP contribution is -2.43. The molecular formula is C15H19FN4O3. The van der Waals surface area contributed by atoms with E-state index < -0.39 is 17.8 Å². The Bertz CT molecular complexity index is 590. The van der Waals surface area contributed by atoms with Crippen molar-refractivity contribution in [3.63, 3.8) is 0 Å². The Hall–Kier alpha value is -2.25. The van der Waals surface area contributed by atoms with Crippen LogP contribution in [0.2, 0.25) is 0 Å². The number of nitrogens with zero attached hydrogens (tertiary/aromatic N) is 4. The van der Waals surface area contributed by atoms with Gasteiger partial charge in [0.1, 0.15) is 6.04 Å². The molecule has 124 valence electrons. The minimum atomic E-state index is -0.943. The second-order valence-electron chi connectivity index (χ2n) is 6.39. The Morgan fingerprint density at radius 1 is 1.30 bits per heavy atom.